The van der Waals surface area contributed by atoms with Crippen LogP contribution < -0.4 is 0 Å². The Morgan fingerprint density at radius 1 is 1.43 bits per heavy atom. The van der Waals surface area contributed by atoms with Gasteiger partial charge in [-0.25, -0.2) is 0 Å². The van der Waals surface area contributed by atoms with Crippen LogP contribution in [0.25, 0.3) is 0 Å². The van der Waals surface area contributed by atoms with Crippen molar-refractivity contribution in [1.82, 2.24) is 0 Å². The van der Waals surface area contributed by atoms with Crippen LogP contribution in [0.4, 0.5) is 0 Å². The molecule has 0 radical (unpaired) electrons. The first-order chi connectivity index (χ1) is 3.12. The molecule has 0 atom stereocenters. The number of hydrogen-bond acceptors (Lipinski definition) is 3. The molecule has 0 fully saturated rings. The molecular formula is C2HN2O2P. The average molecular weight is 118 g/mol. The van der Waals surface area contributed by atoms with E-state index in [-0.39, 0.29) is 0 Å². The van der Waals surface area contributed by atoms with Gasteiger partial charge in [0.2, 0.25) is 0 Å². The summed E-state index contributed by atoms with van der Waals surface area (Å²) in [5, 5.41) is 15.2. The van der Waals surface area contributed by atoms with Gasteiger partial charge in [0.25, 0.3) is 0 Å². The molecule has 0 unspecified atom stereocenters. The van der Waals surface area contributed by atoms with Gasteiger partial charge in [-0.3, -0.25) is 4.57 Å². The number of hydrogen-bond donors (Lipinski definition) is 1. The van der Waals surface area contributed by atoms with Crippen molar-refractivity contribution in [3.8, 4) is 11.6 Å². The lowest BCUT2D eigenvalue weighted by molar-refractivity contribution is 0.501. The SMILES string of the molecule is N#[13C]P(=O)(O)[13C]#N. The fourth-order valence-electron chi connectivity index (χ4n) is 0.0224. The third-order valence-corrected chi connectivity index (χ3v) is 0.813. The topological polar surface area (TPSA) is 84.9 Å². The molecule has 0 bridgehead atoms. The van der Waals surface area contributed by atoms with Crippen molar-refractivity contribution in [2.45, 2.75) is 0 Å². The molecule has 36 valence electrons. The minimum atomic E-state index is -4.04. The van der Waals surface area contributed by atoms with Gasteiger partial charge in [0.05, 0.1) is 0 Å². The largest absolute Gasteiger partial charge is 0.393 e. The van der Waals surface area contributed by atoms with Crippen molar-refractivity contribution >= 4 is 7.37 Å². The van der Waals surface area contributed by atoms with E-state index in [1.54, 1.807) is 0 Å². The maximum absolute atomic E-state index is 9.78. The van der Waals surface area contributed by atoms with E-state index in [0.717, 1.165) is 11.6 Å². The number of nitriles is 2. The fourth-order valence-corrected chi connectivity index (χ4v) is 0.0671. The van der Waals surface area contributed by atoms with Crippen LogP contribution in [0.3, 0.4) is 0 Å². The lowest BCUT2D eigenvalue weighted by Gasteiger charge is -1.77. The first-order valence-electron chi connectivity index (χ1n) is 1.28. The van der Waals surface area contributed by atoms with E-state index < -0.39 is 7.37 Å². The van der Waals surface area contributed by atoms with Crippen molar-refractivity contribution in [3.05, 3.63) is 0 Å². The molecule has 0 amide bonds. The van der Waals surface area contributed by atoms with Gasteiger partial charge in [-0.05, 0) is 0 Å². The Kier molecular flexibility index (Phi) is 1.54. The number of nitrogens with zero attached hydrogens (tertiary/aromatic N) is 2. The maximum Gasteiger partial charge on any atom is 0.393 e. The van der Waals surface area contributed by atoms with Gasteiger partial charge in [-0.2, -0.15) is 10.5 Å². The molecule has 1 N–H and O–H groups in total. The van der Waals surface area contributed by atoms with E-state index in [2.05, 4.69) is 0 Å². The molecular weight excluding hydrogens is 117 g/mol. The summed E-state index contributed by atoms with van der Waals surface area (Å²) in [6.07, 6.45) is 0. The Labute approximate surface area is 40.1 Å². The second kappa shape index (κ2) is 1.75. The molecule has 0 aromatic rings. The highest BCUT2D eigenvalue weighted by Crippen LogP contribution is 2.35. The van der Waals surface area contributed by atoms with E-state index in [9.17, 15) is 4.57 Å². The first-order valence-corrected chi connectivity index (χ1v) is 2.94. The molecule has 0 spiro atoms. The summed E-state index contributed by atoms with van der Waals surface area (Å²) < 4.78 is 9.78. The Bertz CT molecular complexity index is 167. The molecule has 0 rings (SSSR count). The molecule has 5 heteroatoms. The summed E-state index contributed by atoms with van der Waals surface area (Å²) in [6.45, 7) is 0. The van der Waals surface area contributed by atoms with Crippen molar-refractivity contribution in [1.29, 1.82) is 10.5 Å². The van der Waals surface area contributed by atoms with E-state index in [1.165, 1.54) is 0 Å². The van der Waals surface area contributed by atoms with Crippen molar-refractivity contribution in [2.75, 3.05) is 0 Å². The van der Waals surface area contributed by atoms with E-state index in [4.69, 9.17) is 15.4 Å². The highest BCUT2D eigenvalue weighted by molar-refractivity contribution is 7.67. The molecule has 0 saturated heterocycles. The molecule has 4 nitrogen and oxygen atoms in total. The highest BCUT2D eigenvalue weighted by Gasteiger charge is 2.12. The Balaban J connectivity index is 4.34. The third-order valence-electron chi connectivity index (χ3n) is 0.271. The predicted octanol–water partition coefficient (Wildman–Crippen LogP) is 0.219. The van der Waals surface area contributed by atoms with Crippen LogP contribution in [-0.2, 0) is 4.57 Å². The van der Waals surface area contributed by atoms with Gasteiger partial charge in [-0.1, -0.05) is 0 Å². The summed E-state index contributed by atoms with van der Waals surface area (Å²) in [5.41, 5.74) is 0. The predicted molar refractivity (Wildman–Crippen MR) is 21.1 cm³/mol. The molecule has 0 aliphatic rings. The van der Waals surface area contributed by atoms with Crippen LogP contribution in [0.1, 0.15) is 0 Å². The fraction of sp³-hybridized carbons (Fsp3) is 0. The third kappa shape index (κ3) is 1.94. The smallest absolute Gasteiger partial charge is 0.324 e. The summed E-state index contributed by atoms with van der Waals surface area (Å²) in [4.78, 5) is 7.97. The van der Waals surface area contributed by atoms with E-state index >= 15 is 0 Å². The minimum absolute atomic E-state index is 0.941. The van der Waals surface area contributed by atoms with Crippen LogP contribution in [0.2, 0.25) is 0 Å². The van der Waals surface area contributed by atoms with Gasteiger partial charge in [0.1, 0.15) is 0 Å². The molecule has 7 heavy (non-hydrogen) atoms. The molecule has 0 aromatic carbocycles. The highest BCUT2D eigenvalue weighted by atomic mass is 31.2. The van der Waals surface area contributed by atoms with Crippen molar-refractivity contribution < 1.29 is 9.46 Å². The normalized spacial score (nSPS) is 9.00. The summed E-state index contributed by atoms with van der Waals surface area (Å²) in [7, 11) is -4.04. The Hall–Kier alpha value is -0.830. The van der Waals surface area contributed by atoms with Crippen LogP contribution in [0.5, 0.6) is 0 Å². The standard InChI is InChI=1S/C2HN2O2P/c3-1-7(5,6)2-4/h(H,5,6)/i1+1,2+1. The van der Waals surface area contributed by atoms with Crippen molar-refractivity contribution in [2.24, 2.45) is 0 Å². The monoisotopic (exact) mass is 118 g/mol. The molecule has 0 aliphatic heterocycles. The molecule has 0 aliphatic carbocycles. The second-order valence-electron chi connectivity index (χ2n) is 0.776. The lowest BCUT2D eigenvalue weighted by Crippen LogP contribution is -1.62. The zero-order chi connectivity index (χ0) is 5.91. The van der Waals surface area contributed by atoms with E-state index in [1.807, 2.05) is 0 Å². The maximum atomic E-state index is 9.78. The van der Waals surface area contributed by atoms with Crippen LogP contribution >= 0.6 is 7.37 Å². The lowest BCUT2D eigenvalue weighted by atomic mass is 12.6. The van der Waals surface area contributed by atoms with Crippen molar-refractivity contribution in [3.63, 3.8) is 0 Å². The first kappa shape index (κ1) is 6.17. The quantitative estimate of drug-likeness (QED) is 0.364. The zero-order valence-electron chi connectivity index (χ0n) is 3.20. The average Bonchev–Trinajstić information content (AvgIpc) is 1.68. The molecule has 0 heterocycles. The zero-order valence-corrected chi connectivity index (χ0v) is 4.09. The van der Waals surface area contributed by atoms with Crippen LogP contribution in [0, 0.1) is 22.1 Å². The van der Waals surface area contributed by atoms with Crippen LogP contribution in [-0.4, -0.2) is 4.89 Å². The van der Waals surface area contributed by atoms with E-state index in [0.29, 0.717) is 0 Å². The molecule has 0 aromatic heterocycles. The summed E-state index contributed by atoms with van der Waals surface area (Å²) in [5.74, 6) is 1.88. The molecule has 0 saturated carbocycles. The van der Waals surface area contributed by atoms with Crippen LogP contribution in [0.15, 0.2) is 0 Å². The second-order valence-corrected chi connectivity index (χ2v) is 2.33. The number of rotatable bonds is 0. The Morgan fingerprint density at radius 2 is 1.71 bits per heavy atom. The summed E-state index contributed by atoms with van der Waals surface area (Å²) in [6, 6.07) is 0. The van der Waals surface area contributed by atoms with Gasteiger partial charge in [-0.15, -0.1) is 0 Å². The van der Waals surface area contributed by atoms with Gasteiger partial charge in [0.15, 0.2) is 11.6 Å². The minimum Gasteiger partial charge on any atom is -0.324 e. The Morgan fingerprint density at radius 3 is 1.71 bits per heavy atom. The summed E-state index contributed by atoms with van der Waals surface area (Å²) >= 11 is 0. The van der Waals surface area contributed by atoms with Gasteiger partial charge in [0, 0.05) is 0 Å². The van der Waals surface area contributed by atoms with Gasteiger partial charge >= 0.3 is 7.37 Å². The van der Waals surface area contributed by atoms with Gasteiger partial charge < -0.3 is 4.89 Å².